The van der Waals surface area contributed by atoms with E-state index in [0.717, 1.165) is 11.0 Å². The molecule has 4 rings (SSSR count). The molecule has 7 nitrogen and oxygen atoms in total. The number of thiazole rings is 1. The second kappa shape index (κ2) is 7.77. The van der Waals surface area contributed by atoms with Crippen LogP contribution in [0.3, 0.4) is 0 Å². The first kappa shape index (κ1) is 17.5. The highest BCUT2D eigenvalue weighted by Gasteiger charge is 2.18. The highest BCUT2D eigenvalue weighted by atomic mass is 32.2. The number of allylic oxidation sites excluding steroid dienone is 1. The summed E-state index contributed by atoms with van der Waals surface area (Å²) in [7, 11) is 0. The first-order chi connectivity index (χ1) is 13.2. The molecule has 0 unspecified atom stereocenters. The Labute approximate surface area is 163 Å². The highest BCUT2D eigenvalue weighted by Crippen LogP contribution is 2.29. The molecule has 0 aliphatic heterocycles. The monoisotopic (exact) mass is 397 g/mol. The van der Waals surface area contributed by atoms with E-state index in [9.17, 15) is 4.79 Å². The first-order valence-corrected chi connectivity index (χ1v) is 9.96. The number of nitrogens with zero attached hydrogens (tertiary/aromatic N) is 4. The fraction of sp³-hybridized carbons (Fsp3) is 0.111. The fourth-order valence-corrected chi connectivity index (χ4v) is 3.83. The van der Waals surface area contributed by atoms with Crippen LogP contribution in [0.5, 0.6) is 0 Å². The van der Waals surface area contributed by atoms with Gasteiger partial charge in [0.15, 0.2) is 16.0 Å². The molecule has 3 heterocycles. The Kier molecular flexibility index (Phi) is 5.03. The van der Waals surface area contributed by atoms with Gasteiger partial charge in [-0.2, -0.15) is 0 Å². The molecule has 0 aliphatic rings. The first-order valence-electron chi connectivity index (χ1n) is 8.10. The maximum absolute atomic E-state index is 12.1. The summed E-state index contributed by atoms with van der Waals surface area (Å²) in [5.41, 5.74) is 0.790. The third kappa shape index (κ3) is 3.79. The predicted molar refractivity (Wildman–Crippen MR) is 107 cm³/mol. The molecule has 0 spiro atoms. The third-order valence-corrected chi connectivity index (χ3v) is 5.34. The van der Waals surface area contributed by atoms with Gasteiger partial charge in [-0.05, 0) is 12.1 Å². The smallest absolute Gasteiger partial charge is 0.236 e. The van der Waals surface area contributed by atoms with Crippen molar-refractivity contribution in [1.29, 1.82) is 0 Å². The van der Waals surface area contributed by atoms with Crippen LogP contribution in [0.4, 0.5) is 5.13 Å². The normalized spacial score (nSPS) is 11.0. The number of para-hydroxylation sites is 1. The molecule has 0 saturated carbocycles. The number of rotatable bonds is 7. The quantitative estimate of drug-likeness (QED) is 0.374. The molecule has 1 N–H and O–H groups in total. The van der Waals surface area contributed by atoms with Crippen molar-refractivity contribution in [3.8, 4) is 11.6 Å². The van der Waals surface area contributed by atoms with Crippen molar-refractivity contribution >= 4 is 45.1 Å². The molecule has 0 aliphatic carbocycles. The predicted octanol–water partition coefficient (Wildman–Crippen LogP) is 4.06. The molecule has 0 fully saturated rings. The lowest BCUT2D eigenvalue weighted by Crippen LogP contribution is -2.14. The minimum atomic E-state index is -0.145. The van der Waals surface area contributed by atoms with Gasteiger partial charge in [0.2, 0.25) is 11.7 Å². The van der Waals surface area contributed by atoms with Crippen molar-refractivity contribution in [2.45, 2.75) is 11.7 Å². The zero-order valence-corrected chi connectivity index (χ0v) is 15.8. The minimum absolute atomic E-state index is 0.145. The Bertz CT molecular complexity index is 1050. The average Bonchev–Trinajstić information content (AvgIpc) is 3.39. The lowest BCUT2D eigenvalue weighted by atomic mass is 10.2. The third-order valence-electron chi connectivity index (χ3n) is 3.69. The molecule has 0 radical (unpaired) electrons. The van der Waals surface area contributed by atoms with Crippen LogP contribution in [0, 0.1) is 0 Å². The SMILES string of the molecule is C=CCn1c(SCC(=O)Nc2nccs2)nnc1-c1cc2ccccc2o1. The molecule has 9 heteroatoms. The maximum Gasteiger partial charge on any atom is 0.236 e. The van der Waals surface area contributed by atoms with Crippen LogP contribution >= 0.6 is 23.1 Å². The second-order valence-corrected chi connectivity index (χ2v) is 7.37. The summed E-state index contributed by atoms with van der Waals surface area (Å²) >= 11 is 2.68. The van der Waals surface area contributed by atoms with Crippen molar-refractivity contribution in [2.24, 2.45) is 0 Å². The summed E-state index contributed by atoms with van der Waals surface area (Å²) < 4.78 is 7.78. The Morgan fingerprint density at radius 1 is 1.37 bits per heavy atom. The zero-order valence-electron chi connectivity index (χ0n) is 14.2. The van der Waals surface area contributed by atoms with Crippen molar-refractivity contribution in [2.75, 3.05) is 11.1 Å². The van der Waals surface area contributed by atoms with Crippen molar-refractivity contribution in [3.05, 3.63) is 54.6 Å². The molecule has 1 aromatic carbocycles. The van der Waals surface area contributed by atoms with Gasteiger partial charge in [-0.3, -0.25) is 9.36 Å². The fourth-order valence-electron chi connectivity index (χ4n) is 2.53. The van der Waals surface area contributed by atoms with Crippen LogP contribution in [0.25, 0.3) is 22.6 Å². The van der Waals surface area contributed by atoms with Gasteiger partial charge in [-0.25, -0.2) is 4.98 Å². The molecule has 1 amide bonds. The van der Waals surface area contributed by atoms with Crippen molar-refractivity contribution < 1.29 is 9.21 Å². The number of carbonyl (C=O) groups is 1. The van der Waals surface area contributed by atoms with Gasteiger partial charge >= 0.3 is 0 Å². The Morgan fingerprint density at radius 2 is 2.26 bits per heavy atom. The molecule has 27 heavy (non-hydrogen) atoms. The highest BCUT2D eigenvalue weighted by molar-refractivity contribution is 7.99. The molecule has 4 aromatic rings. The number of carbonyl (C=O) groups excluding carboxylic acids is 1. The number of benzene rings is 1. The molecule has 0 bridgehead atoms. The molecule has 3 aromatic heterocycles. The lowest BCUT2D eigenvalue weighted by molar-refractivity contribution is -0.113. The average molecular weight is 397 g/mol. The molecule has 136 valence electrons. The summed E-state index contributed by atoms with van der Waals surface area (Å²) in [5, 5.41) is 15.3. The Morgan fingerprint density at radius 3 is 3.04 bits per heavy atom. The van der Waals surface area contributed by atoms with E-state index in [2.05, 4.69) is 27.1 Å². The zero-order chi connectivity index (χ0) is 18.6. The minimum Gasteiger partial charge on any atom is -0.453 e. The van der Waals surface area contributed by atoms with E-state index in [1.54, 1.807) is 12.3 Å². The number of amides is 1. The van der Waals surface area contributed by atoms with Crippen LogP contribution in [0.15, 0.2) is 64.1 Å². The summed E-state index contributed by atoms with van der Waals surface area (Å²) in [6.45, 7) is 4.31. The molecular weight excluding hydrogens is 382 g/mol. The van der Waals surface area contributed by atoms with E-state index in [-0.39, 0.29) is 11.7 Å². The number of aromatic nitrogens is 4. The van der Waals surface area contributed by atoms with E-state index >= 15 is 0 Å². The van der Waals surface area contributed by atoms with Gasteiger partial charge in [-0.1, -0.05) is 36.0 Å². The summed E-state index contributed by atoms with van der Waals surface area (Å²) in [5.74, 6) is 1.29. The topological polar surface area (TPSA) is 85.8 Å². The summed E-state index contributed by atoms with van der Waals surface area (Å²) in [6.07, 6.45) is 3.41. The van der Waals surface area contributed by atoms with Gasteiger partial charge in [0.1, 0.15) is 5.58 Å². The lowest BCUT2D eigenvalue weighted by Gasteiger charge is -2.06. The van der Waals surface area contributed by atoms with Crippen LogP contribution in [-0.2, 0) is 11.3 Å². The number of thioether (sulfide) groups is 1. The summed E-state index contributed by atoms with van der Waals surface area (Å²) in [4.78, 5) is 16.1. The van der Waals surface area contributed by atoms with E-state index in [4.69, 9.17) is 4.42 Å². The number of hydrogen-bond acceptors (Lipinski definition) is 7. The van der Waals surface area contributed by atoms with Crippen LogP contribution in [0.2, 0.25) is 0 Å². The van der Waals surface area contributed by atoms with Gasteiger partial charge in [-0.15, -0.1) is 28.1 Å². The molecular formula is C18H15N5O2S2. The number of anilines is 1. The van der Waals surface area contributed by atoms with Crippen LogP contribution < -0.4 is 5.32 Å². The molecule has 0 atom stereocenters. The van der Waals surface area contributed by atoms with Gasteiger partial charge in [0.05, 0.1) is 5.75 Å². The standard InChI is InChI=1S/C18H15N5O2S2/c1-2-8-23-16(14-10-12-5-3-4-6-13(12)25-14)21-22-18(23)27-11-15(24)20-17-19-7-9-26-17/h2-7,9-10H,1,8,11H2,(H,19,20,24). The van der Waals surface area contributed by atoms with Crippen molar-refractivity contribution in [3.63, 3.8) is 0 Å². The number of hydrogen-bond donors (Lipinski definition) is 1. The van der Waals surface area contributed by atoms with E-state index in [1.165, 1.54) is 23.1 Å². The Balaban J connectivity index is 1.55. The number of furan rings is 1. The van der Waals surface area contributed by atoms with E-state index < -0.39 is 0 Å². The molecule has 0 saturated heterocycles. The number of fused-ring (bicyclic) bond motifs is 1. The van der Waals surface area contributed by atoms with Crippen LogP contribution in [0.1, 0.15) is 0 Å². The van der Waals surface area contributed by atoms with Gasteiger partial charge in [0, 0.05) is 23.5 Å². The number of nitrogens with one attached hydrogen (secondary N) is 1. The van der Waals surface area contributed by atoms with E-state index in [0.29, 0.717) is 28.4 Å². The van der Waals surface area contributed by atoms with Gasteiger partial charge in [0.25, 0.3) is 0 Å². The summed E-state index contributed by atoms with van der Waals surface area (Å²) in [6, 6.07) is 9.70. The largest absolute Gasteiger partial charge is 0.453 e. The van der Waals surface area contributed by atoms with Gasteiger partial charge < -0.3 is 9.73 Å². The second-order valence-electron chi connectivity index (χ2n) is 5.53. The van der Waals surface area contributed by atoms with E-state index in [1.807, 2.05) is 40.3 Å². The Hall–Kier alpha value is -2.91. The van der Waals surface area contributed by atoms with Crippen LogP contribution in [-0.4, -0.2) is 31.4 Å². The van der Waals surface area contributed by atoms with Crippen molar-refractivity contribution in [1.82, 2.24) is 19.7 Å². The maximum atomic E-state index is 12.1.